The fourth-order valence-corrected chi connectivity index (χ4v) is 7.52. The second-order valence-corrected chi connectivity index (χ2v) is 14.3. The lowest BCUT2D eigenvalue weighted by Gasteiger charge is -2.34. The standard InChI is InChI=1S/C36H37Cl2N3O4S/c1-26-18-20-32(21-19-26)46(44,45)41(31-16-9-13-29(37)23-31)25-35(42)40(24-28-12-5-8-17-33(28)38)34(22-27-10-3-2-4-11-27)36(43)39-30-14-6-7-15-30/h2-5,8-13,16-21,23,30,34H,6-7,14-15,22,24-25H2,1H3,(H,39,43)/t34-/m0/s1. The molecule has 7 nitrogen and oxygen atoms in total. The molecule has 4 aromatic carbocycles. The Morgan fingerprint density at radius 3 is 2.22 bits per heavy atom. The minimum Gasteiger partial charge on any atom is -0.352 e. The quantitative estimate of drug-likeness (QED) is 0.172. The first-order chi connectivity index (χ1) is 22.1. The topological polar surface area (TPSA) is 86.8 Å². The molecule has 0 radical (unpaired) electrons. The fourth-order valence-electron chi connectivity index (χ4n) is 5.73. The smallest absolute Gasteiger partial charge is 0.264 e. The number of aryl methyl sites for hydroxylation is 1. The first kappa shape index (κ1) is 33.5. The lowest BCUT2D eigenvalue weighted by Crippen LogP contribution is -2.54. The van der Waals surface area contributed by atoms with Crippen LogP contribution in [0.4, 0.5) is 5.69 Å². The molecule has 4 aromatic rings. The lowest BCUT2D eigenvalue weighted by molar-refractivity contribution is -0.140. The van der Waals surface area contributed by atoms with Crippen LogP contribution in [0, 0.1) is 6.92 Å². The molecule has 0 bridgehead atoms. The second kappa shape index (κ2) is 15.2. The zero-order valence-electron chi connectivity index (χ0n) is 25.6. The largest absolute Gasteiger partial charge is 0.352 e. The molecule has 10 heteroatoms. The van der Waals surface area contributed by atoms with Crippen LogP contribution in [-0.2, 0) is 32.6 Å². The van der Waals surface area contributed by atoms with E-state index in [0.717, 1.165) is 41.1 Å². The van der Waals surface area contributed by atoms with Gasteiger partial charge in [-0.05, 0) is 67.3 Å². The van der Waals surface area contributed by atoms with E-state index in [0.29, 0.717) is 15.6 Å². The molecule has 46 heavy (non-hydrogen) atoms. The Balaban J connectivity index is 1.57. The van der Waals surface area contributed by atoms with Crippen molar-refractivity contribution < 1.29 is 18.0 Å². The molecule has 1 fully saturated rings. The number of benzene rings is 4. The van der Waals surface area contributed by atoms with Gasteiger partial charge in [0.05, 0.1) is 10.6 Å². The maximum atomic E-state index is 14.6. The Hall–Kier alpha value is -3.85. The van der Waals surface area contributed by atoms with Crippen molar-refractivity contribution in [3.8, 4) is 0 Å². The van der Waals surface area contributed by atoms with E-state index in [1.54, 1.807) is 48.5 Å². The van der Waals surface area contributed by atoms with Crippen molar-refractivity contribution in [3.63, 3.8) is 0 Å². The van der Waals surface area contributed by atoms with Crippen LogP contribution in [0.15, 0.2) is 108 Å². The maximum absolute atomic E-state index is 14.6. The summed E-state index contributed by atoms with van der Waals surface area (Å²) in [5, 5.41) is 3.93. The molecule has 0 aliphatic heterocycles. The van der Waals surface area contributed by atoms with Crippen LogP contribution in [0.1, 0.15) is 42.4 Å². The summed E-state index contributed by atoms with van der Waals surface area (Å²) in [7, 11) is -4.22. The van der Waals surface area contributed by atoms with Crippen LogP contribution in [0.2, 0.25) is 10.0 Å². The van der Waals surface area contributed by atoms with Gasteiger partial charge in [-0.1, -0.05) is 108 Å². The number of rotatable bonds is 12. The third kappa shape index (κ3) is 8.29. The van der Waals surface area contributed by atoms with Crippen LogP contribution in [0.5, 0.6) is 0 Å². The highest BCUT2D eigenvalue weighted by Gasteiger charge is 2.36. The van der Waals surface area contributed by atoms with Gasteiger partial charge in [-0.3, -0.25) is 13.9 Å². The number of hydrogen-bond acceptors (Lipinski definition) is 4. The molecule has 1 atom stereocenters. The number of carbonyl (C=O) groups excluding carboxylic acids is 2. The van der Waals surface area contributed by atoms with Gasteiger partial charge in [-0.25, -0.2) is 8.42 Å². The van der Waals surface area contributed by atoms with Gasteiger partial charge in [0, 0.05) is 29.1 Å². The number of halogens is 2. The molecule has 1 aliphatic carbocycles. The number of amides is 2. The van der Waals surface area contributed by atoms with E-state index in [-0.39, 0.29) is 35.5 Å². The number of carbonyl (C=O) groups is 2. The molecule has 0 spiro atoms. The predicted octanol–water partition coefficient (Wildman–Crippen LogP) is 7.20. The van der Waals surface area contributed by atoms with E-state index in [2.05, 4.69) is 5.32 Å². The van der Waals surface area contributed by atoms with Crippen molar-refractivity contribution in [2.45, 2.75) is 62.6 Å². The minimum absolute atomic E-state index is 0.00204. The zero-order chi connectivity index (χ0) is 32.7. The zero-order valence-corrected chi connectivity index (χ0v) is 27.9. The average molecular weight is 679 g/mol. The number of hydrogen-bond donors (Lipinski definition) is 1. The summed E-state index contributed by atoms with van der Waals surface area (Å²) < 4.78 is 29.4. The van der Waals surface area contributed by atoms with Crippen LogP contribution < -0.4 is 9.62 Å². The average Bonchev–Trinajstić information content (AvgIpc) is 3.56. The Labute approximate surface area is 281 Å². The monoisotopic (exact) mass is 677 g/mol. The van der Waals surface area contributed by atoms with E-state index in [4.69, 9.17) is 23.2 Å². The minimum atomic E-state index is -4.22. The third-order valence-electron chi connectivity index (χ3n) is 8.26. The molecule has 0 saturated heterocycles. The van der Waals surface area contributed by atoms with Crippen molar-refractivity contribution in [2.75, 3.05) is 10.8 Å². The predicted molar refractivity (Wildman–Crippen MR) is 183 cm³/mol. The van der Waals surface area contributed by atoms with Crippen LogP contribution >= 0.6 is 23.2 Å². The Morgan fingerprint density at radius 1 is 0.870 bits per heavy atom. The first-order valence-electron chi connectivity index (χ1n) is 15.3. The molecule has 240 valence electrons. The number of nitrogens with one attached hydrogen (secondary N) is 1. The number of sulfonamides is 1. The molecule has 2 amide bonds. The van der Waals surface area contributed by atoms with Gasteiger partial charge in [-0.15, -0.1) is 0 Å². The Kier molecular flexibility index (Phi) is 11.0. The molecular formula is C36H37Cl2N3O4S. The van der Waals surface area contributed by atoms with Crippen molar-refractivity contribution in [2.24, 2.45) is 0 Å². The van der Waals surface area contributed by atoms with Gasteiger partial charge in [0.1, 0.15) is 12.6 Å². The number of anilines is 1. The molecule has 0 heterocycles. The van der Waals surface area contributed by atoms with Crippen LogP contribution in [-0.4, -0.2) is 43.8 Å². The normalized spacial score (nSPS) is 14.1. The first-order valence-corrected chi connectivity index (χ1v) is 17.5. The van der Waals surface area contributed by atoms with Gasteiger partial charge < -0.3 is 10.2 Å². The summed E-state index contributed by atoms with van der Waals surface area (Å²) >= 11 is 12.9. The molecule has 1 aliphatic rings. The van der Waals surface area contributed by atoms with Crippen molar-refractivity contribution in [1.29, 1.82) is 0 Å². The maximum Gasteiger partial charge on any atom is 0.264 e. The summed E-state index contributed by atoms with van der Waals surface area (Å²) in [4.78, 5) is 30.2. The summed E-state index contributed by atoms with van der Waals surface area (Å²) in [5.41, 5.74) is 2.63. The van der Waals surface area contributed by atoms with Gasteiger partial charge in [0.15, 0.2) is 0 Å². The highest BCUT2D eigenvalue weighted by Crippen LogP contribution is 2.28. The van der Waals surface area contributed by atoms with E-state index in [9.17, 15) is 18.0 Å². The summed E-state index contributed by atoms with van der Waals surface area (Å²) in [6.45, 7) is 1.30. The molecule has 1 N–H and O–H groups in total. The fraction of sp³-hybridized carbons (Fsp3) is 0.278. The molecule has 0 aromatic heterocycles. The van der Waals surface area contributed by atoms with E-state index >= 15 is 0 Å². The van der Waals surface area contributed by atoms with Gasteiger partial charge in [0.25, 0.3) is 10.0 Å². The SMILES string of the molecule is Cc1ccc(S(=O)(=O)N(CC(=O)N(Cc2ccccc2Cl)[C@@H](Cc2ccccc2)C(=O)NC2CCCC2)c2cccc(Cl)c2)cc1. The Bertz CT molecular complexity index is 1760. The van der Waals surface area contributed by atoms with Crippen LogP contribution in [0.3, 0.4) is 0 Å². The summed E-state index contributed by atoms with van der Waals surface area (Å²) in [5.74, 6) is -0.843. The van der Waals surface area contributed by atoms with Gasteiger partial charge >= 0.3 is 0 Å². The molecule has 5 rings (SSSR count). The van der Waals surface area contributed by atoms with Gasteiger partial charge in [-0.2, -0.15) is 0 Å². The van der Waals surface area contributed by atoms with Crippen molar-refractivity contribution in [3.05, 3.63) is 130 Å². The third-order valence-corrected chi connectivity index (χ3v) is 10.6. The highest BCUT2D eigenvalue weighted by atomic mass is 35.5. The van der Waals surface area contributed by atoms with Crippen molar-refractivity contribution >= 4 is 50.7 Å². The molecule has 0 unspecified atom stereocenters. The van der Waals surface area contributed by atoms with Crippen LogP contribution in [0.25, 0.3) is 0 Å². The molecular weight excluding hydrogens is 641 g/mol. The second-order valence-electron chi connectivity index (χ2n) is 11.6. The van der Waals surface area contributed by atoms with E-state index in [1.807, 2.05) is 43.3 Å². The lowest BCUT2D eigenvalue weighted by atomic mass is 10.0. The summed E-state index contributed by atoms with van der Waals surface area (Å²) in [6, 6.07) is 28.5. The molecule has 1 saturated carbocycles. The summed E-state index contributed by atoms with van der Waals surface area (Å²) in [6.07, 6.45) is 4.04. The van der Waals surface area contributed by atoms with E-state index < -0.39 is 28.5 Å². The number of nitrogens with zero attached hydrogens (tertiary/aromatic N) is 2. The van der Waals surface area contributed by atoms with Crippen molar-refractivity contribution in [1.82, 2.24) is 10.2 Å². The Morgan fingerprint density at radius 2 is 1.54 bits per heavy atom. The highest BCUT2D eigenvalue weighted by molar-refractivity contribution is 7.92. The van der Waals surface area contributed by atoms with E-state index in [1.165, 1.54) is 23.1 Å². The van der Waals surface area contributed by atoms with Gasteiger partial charge in [0.2, 0.25) is 11.8 Å².